The normalized spacial score (nSPS) is 10.8. The predicted molar refractivity (Wildman–Crippen MR) is 68.7 cm³/mol. The zero-order chi connectivity index (χ0) is 14.7. The van der Waals surface area contributed by atoms with Crippen molar-refractivity contribution in [1.82, 2.24) is 9.78 Å². The van der Waals surface area contributed by atoms with Gasteiger partial charge in [0.05, 0.1) is 11.4 Å². The molecule has 0 unspecified atom stereocenters. The first kappa shape index (κ1) is 14.0. The second-order valence-electron chi connectivity index (χ2n) is 4.23. The van der Waals surface area contributed by atoms with E-state index in [0.29, 0.717) is 5.69 Å². The number of phenols is 1. The van der Waals surface area contributed by atoms with E-state index in [4.69, 9.17) is 0 Å². The van der Waals surface area contributed by atoms with Crippen molar-refractivity contribution in [2.24, 2.45) is 0 Å². The molecule has 1 amide bonds. The van der Waals surface area contributed by atoms with E-state index in [1.165, 1.54) is 18.2 Å². The van der Waals surface area contributed by atoms with Gasteiger partial charge in [-0.05, 0) is 25.1 Å². The van der Waals surface area contributed by atoms with Crippen LogP contribution in [0.1, 0.15) is 17.8 Å². The molecule has 106 valence electrons. The average molecular weight is 281 g/mol. The van der Waals surface area contributed by atoms with Crippen LogP contribution in [-0.4, -0.2) is 20.8 Å². The second-order valence-corrected chi connectivity index (χ2v) is 4.23. The molecule has 5 nitrogen and oxygen atoms in total. The fourth-order valence-electron chi connectivity index (χ4n) is 1.77. The van der Waals surface area contributed by atoms with Crippen LogP contribution in [0.3, 0.4) is 0 Å². The molecule has 0 aliphatic rings. The average Bonchev–Trinajstić information content (AvgIpc) is 2.73. The van der Waals surface area contributed by atoms with Crippen LogP contribution in [0.2, 0.25) is 0 Å². The van der Waals surface area contributed by atoms with Crippen molar-refractivity contribution in [1.29, 1.82) is 0 Å². The lowest BCUT2D eigenvalue weighted by molar-refractivity contribution is -0.117. The van der Waals surface area contributed by atoms with Crippen LogP contribution in [0.25, 0.3) is 0 Å². The van der Waals surface area contributed by atoms with Gasteiger partial charge in [0.15, 0.2) is 0 Å². The quantitative estimate of drug-likeness (QED) is 0.846. The first-order valence-corrected chi connectivity index (χ1v) is 5.87. The molecule has 0 atom stereocenters. The van der Waals surface area contributed by atoms with Crippen LogP contribution < -0.4 is 5.32 Å². The van der Waals surface area contributed by atoms with Gasteiger partial charge in [-0.1, -0.05) is 12.1 Å². The summed E-state index contributed by atoms with van der Waals surface area (Å²) in [6, 6.07) is 7.40. The van der Waals surface area contributed by atoms with Crippen LogP contribution in [0, 0.1) is 6.92 Å². The zero-order valence-electron chi connectivity index (χ0n) is 10.7. The molecule has 2 rings (SSSR count). The van der Waals surface area contributed by atoms with E-state index in [2.05, 4.69) is 10.4 Å². The number of nitrogens with one attached hydrogen (secondary N) is 1. The molecule has 0 bridgehead atoms. The molecule has 0 saturated heterocycles. The molecule has 7 heteroatoms. The number of anilines is 1. The molecule has 0 aliphatic carbocycles. The number of para-hydroxylation sites is 2. The number of nitrogens with zero attached hydrogens (tertiary/aromatic N) is 2. The Labute approximate surface area is 113 Å². The number of phenolic OH excluding ortho intramolecular Hbond substituents is 1. The third kappa shape index (κ3) is 3.11. The van der Waals surface area contributed by atoms with Gasteiger partial charge in [-0.3, -0.25) is 9.48 Å². The van der Waals surface area contributed by atoms with E-state index in [0.717, 1.165) is 4.68 Å². The number of hydrogen-bond donors (Lipinski definition) is 2. The monoisotopic (exact) mass is 281 g/mol. The van der Waals surface area contributed by atoms with Crippen molar-refractivity contribution in [2.45, 2.75) is 19.9 Å². The minimum atomic E-state index is -2.70. The first-order valence-electron chi connectivity index (χ1n) is 5.87. The van der Waals surface area contributed by atoms with E-state index in [-0.39, 0.29) is 23.7 Å². The number of aromatic hydroxyl groups is 1. The van der Waals surface area contributed by atoms with Gasteiger partial charge < -0.3 is 10.4 Å². The number of halogens is 2. The molecule has 1 heterocycles. The highest BCUT2D eigenvalue weighted by atomic mass is 19.3. The summed E-state index contributed by atoms with van der Waals surface area (Å²) in [6.07, 6.45) is -2.70. The van der Waals surface area contributed by atoms with Crippen molar-refractivity contribution >= 4 is 11.6 Å². The van der Waals surface area contributed by atoms with Crippen LogP contribution in [0.15, 0.2) is 30.3 Å². The molecule has 2 aromatic rings. The summed E-state index contributed by atoms with van der Waals surface area (Å²) >= 11 is 0. The Kier molecular flexibility index (Phi) is 3.97. The zero-order valence-corrected chi connectivity index (χ0v) is 10.7. The van der Waals surface area contributed by atoms with E-state index < -0.39 is 12.3 Å². The summed E-state index contributed by atoms with van der Waals surface area (Å²) in [5.41, 5.74) is 0.325. The smallest absolute Gasteiger partial charge is 0.280 e. The molecule has 0 aliphatic heterocycles. The lowest BCUT2D eigenvalue weighted by atomic mass is 10.3. The molecular formula is C13H13F2N3O2. The highest BCUT2D eigenvalue weighted by molar-refractivity contribution is 5.91. The number of alkyl halides is 2. The summed E-state index contributed by atoms with van der Waals surface area (Å²) < 4.78 is 26.5. The van der Waals surface area contributed by atoms with Crippen molar-refractivity contribution < 1.29 is 18.7 Å². The predicted octanol–water partition coefficient (Wildman–Crippen LogP) is 2.47. The number of carbonyl (C=O) groups is 1. The maximum absolute atomic E-state index is 12.7. The molecule has 0 radical (unpaired) electrons. The molecule has 0 fully saturated rings. The van der Waals surface area contributed by atoms with E-state index >= 15 is 0 Å². The van der Waals surface area contributed by atoms with Gasteiger partial charge in [-0.25, -0.2) is 8.78 Å². The Morgan fingerprint density at radius 2 is 2.15 bits per heavy atom. The Morgan fingerprint density at radius 3 is 2.80 bits per heavy atom. The van der Waals surface area contributed by atoms with Gasteiger partial charge in [-0.2, -0.15) is 5.10 Å². The maximum Gasteiger partial charge on any atom is 0.280 e. The third-order valence-electron chi connectivity index (χ3n) is 2.63. The first-order chi connectivity index (χ1) is 9.47. The molecule has 20 heavy (non-hydrogen) atoms. The number of benzene rings is 1. The number of hydrogen-bond acceptors (Lipinski definition) is 3. The largest absolute Gasteiger partial charge is 0.506 e. The number of aromatic nitrogens is 2. The van der Waals surface area contributed by atoms with Gasteiger partial charge in [0.25, 0.3) is 6.43 Å². The van der Waals surface area contributed by atoms with Gasteiger partial charge >= 0.3 is 0 Å². The van der Waals surface area contributed by atoms with Gasteiger partial charge in [0.1, 0.15) is 18.0 Å². The Morgan fingerprint density at radius 1 is 1.45 bits per heavy atom. The standard InChI is InChI=1S/C13H13F2N3O2/c1-8-6-10(13(14)15)18(17-8)7-12(20)16-9-4-2-3-5-11(9)19/h2-6,13,19H,7H2,1H3,(H,16,20). The van der Waals surface area contributed by atoms with Crippen LogP contribution in [0.5, 0.6) is 5.75 Å². The molecule has 1 aromatic carbocycles. The summed E-state index contributed by atoms with van der Waals surface area (Å²) in [6.45, 7) is 1.23. The fourth-order valence-corrected chi connectivity index (χ4v) is 1.77. The number of amides is 1. The molecule has 1 aromatic heterocycles. The van der Waals surface area contributed by atoms with Gasteiger partial charge in [-0.15, -0.1) is 0 Å². The lowest BCUT2D eigenvalue weighted by Gasteiger charge is -2.09. The van der Waals surface area contributed by atoms with Gasteiger partial charge in [0.2, 0.25) is 5.91 Å². The molecular weight excluding hydrogens is 268 g/mol. The SMILES string of the molecule is Cc1cc(C(F)F)n(CC(=O)Nc2ccccc2O)n1. The number of carbonyl (C=O) groups excluding carboxylic acids is 1. The summed E-state index contributed by atoms with van der Waals surface area (Å²) in [7, 11) is 0. The van der Waals surface area contributed by atoms with Crippen molar-refractivity contribution in [3.05, 3.63) is 41.7 Å². The van der Waals surface area contributed by atoms with Crippen LogP contribution >= 0.6 is 0 Å². The Hall–Kier alpha value is -2.44. The van der Waals surface area contributed by atoms with E-state index in [1.54, 1.807) is 19.1 Å². The van der Waals surface area contributed by atoms with Crippen molar-refractivity contribution in [2.75, 3.05) is 5.32 Å². The minimum Gasteiger partial charge on any atom is -0.506 e. The Bertz CT molecular complexity index is 626. The second kappa shape index (κ2) is 5.68. The fraction of sp³-hybridized carbons (Fsp3) is 0.231. The highest BCUT2D eigenvalue weighted by Crippen LogP contribution is 2.22. The Balaban J connectivity index is 2.11. The lowest BCUT2D eigenvalue weighted by Crippen LogP contribution is -2.21. The van der Waals surface area contributed by atoms with E-state index in [1.807, 2.05) is 0 Å². The highest BCUT2D eigenvalue weighted by Gasteiger charge is 2.17. The number of aryl methyl sites for hydroxylation is 1. The van der Waals surface area contributed by atoms with Gasteiger partial charge in [0, 0.05) is 0 Å². The van der Waals surface area contributed by atoms with Crippen LogP contribution in [0.4, 0.5) is 14.5 Å². The van der Waals surface area contributed by atoms with Crippen molar-refractivity contribution in [3.63, 3.8) is 0 Å². The van der Waals surface area contributed by atoms with Crippen molar-refractivity contribution in [3.8, 4) is 5.75 Å². The summed E-state index contributed by atoms with van der Waals surface area (Å²) in [5.74, 6) is -0.636. The number of rotatable bonds is 4. The van der Waals surface area contributed by atoms with E-state index in [9.17, 15) is 18.7 Å². The topological polar surface area (TPSA) is 67.2 Å². The molecule has 0 saturated carbocycles. The summed E-state index contributed by atoms with van der Waals surface area (Å²) in [4.78, 5) is 11.8. The third-order valence-corrected chi connectivity index (χ3v) is 2.63. The maximum atomic E-state index is 12.7. The molecule has 0 spiro atoms. The minimum absolute atomic E-state index is 0.0911. The van der Waals surface area contributed by atoms with Crippen LogP contribution in [-0.2, 0) is 11.3 Å². The summed E-state index contributed by atoms with van der Waals surface area (Å²) in [5, 5.41) is 15.8. The molecule has 2 N–H and O–H groups in total.